The van der Waals surface area contributed by atoms with Crippen LogP contribution in [-0.4, -0.2) is 176 Å². The number of carbonyl (C=O) groups is 11. The number of unbranched alkanes of at least 4 members (excludes halogenated alkanes) is 1. The van der Waals surface area contributed by atoms with Crippen LogP contribution in [0.1, 0.15) is 89.2 Å². The predicted octanol–water partition coefficient (Wildman–Crippen LogP) is -5.60. The van der Waals surface area contributed by atoms with Gasteiger partial charge >= 0.3 is 5.97 Å². The number of phenolic OH excluding ortho intramolecular Hbond substituents is 2. The van der Waals surface area contributed by atoms with Crippen molar-refractivity contribution in [2.45, 2.75) is 151 Å². The van der Waals surface area contributed by atoms with E-state index in [-0.39, 0.29) is 88.5 Å². The summed E-state index contributed by atoms with van der Waals surface area (Å²) in [7, 11) is 0. The summed E-state index contributed by atoms with van der Waals surface area (Å²) < 4.78 is 0. The molecule has 0 bridgehead atoms. The number of primary amides is 2. The summed E-state index contributed by atoms with van der Waals surface area (Å²) in [5, 5.41) is 56.7. The lowest BCUT2D eigenvalue weighted by atomic mass is 10.0. The van der Waals surface area contributed by atoms with Gasteiger partial charge in [-0.15, -0.1) is 0 Å². The Bertz CT molecular complexity index is 2550. The number of nitrogens with two attached hydrogens (primary N) is 6. The molecule has 81 heavy (non-hydrogen) atoms. The van der Waals surface area contributed by atoms with Crippen molar-refractivity contribution in [1.29, 1.82) is 0 Å². The van der Waals surface area contributed by atoms with Crippen molar-refractivity contribution < 1.29 is 73.2 Å². The number of rotatable bonds is 34. The molecule has 0 aromatic heterocycles. The number of nitrogens with one attached hydrogen (secondary N) is 7. The lowest BCUT2D eigenvalue weighted by Gasteiger charge is -2.30. The van der Waals surface area contributed by atoms with Crippen LogP contribution < -0.4 is 71.6 Å². The van der Waals surface area contributed by atoms with Crippen molar-refractivity contribution in [2.75, 3.05) is 19.6 Å². The van der Waals surface area contributed by atoms with Crippen LogP contribution in [0.3, 0.4) is 0 Å². The molecule has 0 aliphatic carbocycles. The number of hydrogen-bond acceptors (Lipinski definition) is 17. The molecule has 2 aromatic rings. The Morgan fingerprint density at radius 2 is 1.10 bits per heavy atom. The highest BCUT2D eigenvalue weighted by molar-refractivity contribution is 5.99. The number of benzene rings is 2. The highest BCUT2D eigenvalue weighted by atomic mass is 16.4. The predicted molar refractivity (Wildman–Crippen MR) is 290 cm³/mol. The minimum absolute atomic E-state index is 0.0204. The van der Waals surface area contributed by atoms with Crippen molar-refractivity contribution in [2.24, 2.45) is 39.4 Å². The van der Waals surface area contributed by atoms with Crippen molar-refractivity contribution >= 4 is 71.0 Å². The number of carboxylic acids is 1. The van der Waals surface area contributed by atoms with E-state index in [1.165, 1.54) is 60.4 Å². The highest BCUT2D eigenvalue weighted by Crippen LogP contribution is 2.20. The third-order valence-corrected chi connectivity index (χ3v) is 12.9. The van der Waals surface area contributed by atoms with E-state index >= 15 is 0 Å². The Kier molecular flexibility index (Phi) is 27.2. The number of aliphatic carboxylic acids is 1. The summed E-state index contributed by atoms with van der Waals surface area (Å²) >= 11 is 0. The van der Waals surface area contributed by atoms with Gasteiger partial charge in [-0.25, -0.2) is 4.79 Å². The summed E-state index contributed by atoms with van der Waals surface area (Å²) in [6.07, 6.45) is -2.16. The van der Waals surface area contributed by atoms with Crippen LogP contribution in [0.15, 0.2) is 53.5 Å². The van der Waals surface area contributed by atoms with Crippen molar-refractivity contribution in [3.63, 3.8) is 0 Å². The van der Waals surface area contributed by atoms with Gasteiger partial charge in [-0.2, -0.15) is 0 Å². The van der Waals surface area contributed by atoms with E-state index in [1.54, 1.807) is 0 Å². The number of aromatic hydroxyl groups is 2. The molecule has 23 N–H and O–H groups in total. The van der Waals surface area contributed by atoms with E-state index in [9.17, 15) is 73.2 Å². The van der Waals surface area contributed by atoms with Crippen molar-refractivity contribution in [3.8, 4) is 11.5 Å². The van der Waals surface area contributed by atoms with E-state index in [1.807, 2.05) is 0 Å². The maximum atomic E-state index is 14.3. The zero-order valence-corrected chi connectivity index (χ0v) is 45.1. The number of carboxylic acid groups (broad SMARTS) is 1. The molecule has 3 rings (SSSR count). The van der Waals surface area contributed by atoms with Gasteiger partial charge in [0.05, 0.1) is 18.6 Å². The first-order valence-electron chi connectivity index (χ1n) is 26.2. The van der Waals surface area contributed by atoms with Gasteiger partial charge in [-0.3, -0.25) is 52.9 Å². The summed E-state index contributed by atoms with van der Waals surface area (Å²) in [5.74, 6) is -11.2. The quantitative estimate of drug-likeness (QED) is 0.0176. The molecule has 1 fully saturated rings. The zero-order chi connectivity index (χ0) is 60.5. The van der Waals surface area contributed by atoms with Gasteiger partial charge in [0.25, 0.3) is 0 Å². The molecule has 30 nitrogen and oxygen atoms in total. The standard InChI is InChI=1S/C51H77N15O15/c1-26(49(79)66-22-6-9-38(66)48(78)64-36(24-29-12-16-31(69)17-13-29)47(77)65-41(27(2)67)50(80)81)59-43(73)34(8-5-21-58-51(56)57)61-46(76)37(25-40(55)71)63-45(75)35(23-28-10-14-30(68)15-11-28)62-44(74)33(7-3-4-20-52)60-42(72)32(53)18-19-39(54)70/h10-17,26-27,32-38,41,67-69H,3-9,18-25,52-53H2,1-2H3,(H2,54,70)(H2,55,71)(H,59,73)(H,60,72)(H,61,76)(H,62,74)(H,63,75)(H,64,78)(H,65,77)(H,80,81)(H4,56,57,58)/t26-,27+,32-,33-,34-,35-,36-,37-,38-,41-/m0/s1. The molecule has 30 heteroatoms. The van der Waals surface area contributed by atoms with Gasteiger partial charge in [-0.05, 0) is 107 Å². The molecule has 10 amide bonds. The molecule has 1 heterocycles. The van der Waals surface area contributed by atoms with Crippen molar-refractivity contribution in [1.82, 2.24) is 42.1 Å². The lowest BCUT2D eigenvalue weighted by molar-refractivity contribution is -0.145. The largest absolute Gasteiger partial charge is 0.508 e. The first-order valence-corrected chi connectivity index (χ1v) is 26.2. The van der Waals surface area contributed by atoms with Crippen LogP contribution in [0.2, 0.25) is 0 Å². The molecule has 10 atom stereocenters. The SMILES string of the molecule is C[C@H](NC(=O)[C@H](CCCN=C(N)N)NC(=O)[C@H](CC(N)=O)NC(=O)[C@H](Cc1ccc(O)cc1)NC(=O)[C@H](CCCCN)NC(=O)[C@@H](N)CCC(N)=O)C(=O)N1CCC[C@H]1C(=O)N[C@@H](Cc1ccc(O)cc1)C(=O)N[C@H](C(=O)O)[C@@H](C)O. The molecule has 446 valence electrons. The topological polar surface area (TPSA) is 525 Å². The summed E-state index contributed by atoms with van der Waals surface area (Å²) in [6.45, 7) is 2.67. The first kappa shape index (κ1) is 66.6. The van der Waals surface area contributed by atoms with E-state index in [4.69, 9.17) is 34.4 Å². The molecule has 0 saturated carbocycles. The number of guanidine groups is 1. The van der Waals surface area contributed by atoms with E-state index in [0.717, 1.165) is 6.92 Å². The molecular weight excluding hydrogens is 1060 g/mol. The zero-order valence-electron chi connectivity index (χ0n) is 45.1. The van der Waals surface area contributed by atoms with Gasteiger partial charge in [0.15, 0.2) is 12.0 Å². The Balaban J connectivity index is 1.89. The number of amides is 10. The number of hydrogen-bond donors (Lipinski definition) is 17. The third-order valence-electron chi connectivity index (χ3n) is 12.9. The first-order chi connectivity index (χ1) is 38.2. The van der Waals surface area contributed by atoms with Gasteiger partial charge in [0.2, 0.25) is 59.1 Å². The molecule has 0 spiro atoms. The van der Waals surface area contributed by atoms with Gasteiger partial charge in [-0.1, -0.05) is 24.3 Å². The van der Waals surface area contributed by atoms with Crippen LogP contribution in [0.25, 0.3) is 0 Å². The van der Waals surface area contributed by atoms with E-state index in [0.29, 0.717) is 30.4 Å². The Labute approximate surface area is 466 Å². The lowest BCUT2D eigenvalue weighted by Crippen LogP contribution is -2.60. The smallest absolute Gasteiger partial charge is 0.328 e. The monoisotopic (exact) mass is 1140 g/mol. The molecule has 0 radical (unpaired) electrons. The van der Waals surface area contributed by atoms with Crippen LogP contribution in [0.5, 0.6) is 11.5 Å². The molecule has 0 unspecified atom stereocenters. The number of aliphatic imine (C=N–C) groups is 1. The van der Waals surface area contributed by atoms with E-state index < -0.39 is 132 Å². The minimum Gasteiger partial charge on any atom is -0.508 e. The fraction of sp³-hybridized carbons (Fsp3) is 0.529. The summed E-state index contributed by atoms with van der Waals surface area (Å²) in [4.78, 5) is 152. The summed E-state index contributed by atoms with van der Waals surface area (Å²) in [6, 6.07) is -2.08. The molecule has 1 saturated heterocycles. The van der Waals surface area contributed by atoms with Crippen LogP contribution in [-0.2, 0) is 65.6 Å². The number of carbonyl (C=O) groups excluding carboxylic acids is 10. The summed E-state index contributed by atoms with van der Waals surface area (Å²) in [5.41, 5.74) is 34.2. The average molecular weight is 1140 g/mol. The maximum Gasteiger partial charge on any atom is 0.328 e. The molecule has 2 aromatic carbocycles. The normalized spacial score (nSPS) is 16.2. The Morgan fingerprint density at radius 1 is 0.617 bits per heavy atom. The number of phenols is 2. The fourth-order valence-corrected chi connectivity index (χ4v) is 8.46. The van der Waals surface area contributed by atoms with Crippen LogP contribution >= 0.6 is 0 Å². The Hall–Kier alpha value is -8.64. The second-order valence-corrected chi connectivity index (χ2v) is 19.5. The molecule has 1 aliphatic rings. The van der Waals surface area contributed by atoms with E-state index in [2.05, 4.69) is 42.2 Å². The van der Waals surface area contributed by atoms with Gasteiger partial charge in [0.1, 0.15) is 53.8 Å². The minimum atomic E-state index is -1.81. The van der Waals surface area contributed by atoms with Gasteiger partial charge < -0.3 is 96.9 Å². The number of likely N-dealkylation sites (tertiary alicyclic amines) is 1. The second kappa shape index (κ2) is 33.1. The Morgan fingerprint density at radius 3 is 1.62 bits per heavy atom. The van der Waals surface area contributed by atoms with Crippen molar-refractivity contribution in [3.05, 3.63) is 59.7 Å². The average Bonchev–Trinajstić information content (AvgIpc) is 3.90. The molecular formula is C51H77N15O15. The second-order valence-electron chi connectivity index (χ2n) is 19.5. The van der Waals surface area contributed by atoms with Gasteiger partial charge in [0, 0.05) is 32.4 Å². The number of aliphatic hydroxyl groups is 1. The number of aliphatic hydroxyl groups excluding tert-OH is 1. The van der Waals surface area contributed by atoms with Crippen LogP contribution in [0, 0.1) is 0 Å². The number of nitrogens with zero attached hydrogens (tertiary/aromatic N) is 2. The molecule has 1 aliphatic heterocycles. The highest BCUT2D eigenvalue weighted by Gasteiger charge is 2.40. The fourth-order valence-electron chi connectivity index (χ4n) is 8.46. The third kappa shape index (κ3) is 22.9. The maximum absolute atomic E-state index is 14.3. The van der Waals surface area contributed by atoms with Crippen LogP contribution in [0.4, 0.5) is 0 Å².